The first-order valence-corrected chi connectivity index (χ1v) is 9.07. The molecule has 1 aliphatic carbocycles. The summed E-state index contributed by atoms with van der Waals surface area (Å²) in [5, 5.41) is 13.6. The number of carboxylic acid groups (broad SMARTS) is 1. The number of hydrogen-bond donors (Lipinski definition) is 2. The first kappa shape index (κ1) is 18.7. The number of anilines is 1. The second kappa shape index (κ2) is 8.50. The van der Waals surface area contributed by atoms with E-state index < -0.39 is 11.9 Å². The van der Waals surface area contributed by atoms with Gasteiger partial charge in [0, 0.05) is 23.5 Å². The van der Waals surface area contributed by atoms with Crippen molar-refractivity contribution in [2.45, 2.75) is 6.42 Å². The van der Waals surface area contributed by atoms with Crippen LogP contribution in [0.3, 0.4) is 0 Å². The lowest BCUT2D eigenvalue weighted by Crippen LogP contribution is -2.28. The first-order valence-electron chi connectivity index (χ1n) is 8.19. The number of hydrogen-bond acceptors (Lipinski definition) is 6. The van der Waals surface area contributed by atoms with Gasteiger partial charge in [0.25, 0.3) is 0 Å². The Bertz CT molecular complexity index is 874. The molecule has 138 valence electrons. The highest BCUT2D eigenvalue weighted by Gasteiger charge is 2.29. The minimum Gasteiger partial charge on any atom is -0.481 e. The zero-order chi connectivity index (χ0) is 19.2. The number of carbonyl (C=O) groups excluding carboxylic acids is 2. The fourth-order valence-electron chi connectivity index (χ4n) is 2.70. The Morgan fingerprint density at radius 1 is 1.33 bits per heavy atom. The average molecular weight is 383 g/mol. The molecular weight excluding hydrogens is 366 g/mol. The Morgan fingerprint density at radius 2 is 2.19 bits per heavy atom. The smallest absolute Gasteiger partial charge is 0.304 e. The zero-order valence-electron chi connectivity index (χ0n) is 14.2. The Hall–Kier alpha value is -3.13. The molecule has 2 N–H and O–H groups in total. The third kappa shape index (κ3) is 4.95. The molecule has 1 aliphatic heterocycles. The molecule has 3 rings (SSSR count). The third-order valence-electron chi connectivity index (χ3n) is 3.91. The van der Waals surface area contributed by atoms with Gasteiger partial charge in [-0.05, 0) is 29.2 Å². The Balaban J connectivity index is 1.71. The van der Waals surface area contributed by atoms with Crippen molar-refractivity contribution in [1.29, 1.82) is 0 Å². The van der Waals surface area contributed by atoms with Crippen molar-refractivity contribution in [2.24, 2.45) is 5.92 Å². The summed E-state index contributed by atoms with van der Waals surface area (Å²) < 4.78 is 0. The van der Waals surface area contributed by atoms with Crippen LogP contribution in [0.5, 0.6) is 0 Å². The molecule has 0 spiro atoms. The van der Waals surface area contributed by atoms with E-state index in [9.17, 15) is 14.4 Å². The first-order chi connectivity index (χ1) is 13.0. The van der Waals surface area contributed by atoms with Crippen molar-refractivity contribution in [3.8, 4) is 0 Å². The monoisotopic (exact) mass is 383 g/mol. The van der Waals surface area contributed by atoms with Gasteiger partial charge < -0.3 is 15.3 Å². The van der Waals surface area contributed by atoms with Gasteiger partial charge in [-0.15, -0.1) is 0 Å². The summed E-state index contributed by atoms with van der Waals surface area (Å²) in [4.78, 5) is 41.9. The van der Waals surface area contributed by atoms with Gasteiger partial charge in [-0.2, -0.15) is 0 Å². The molecule has 0 fully saturated rings. The van der Waals surface area contributed by atoms with Gasteiger partial charge in [-0.25, -0.2) is 4.98 Å². The zero-order valence-corrected chi connectivity index (χ0v) is 15.1. The summed E-state index contributed by atoms with van der Waals surface area (Å²) in [6, 6.07) is 5.24. The highest BCUT2D eigenvalue weighted by atomic mass is 32.2. The Morgan fingerprint density at radius 3 is 2.93 bits per heavy atom. The van der Waals surface area contributed by atoms with Crippen LogP contribution in [0.2, 0.25) is 0 Å². The number of amides is 1. The number of nitrogens with one attached hydrogen (secondary N) is 1. The topological polar surface area (TPSA) is 99.6 Å². The lowest BCUT2D eigenvalue weighted by Gasteiger charge is -2.25. The summed E-state index contributed by atoms with van der Waals surface area (Å²) in [5.74, 6) is -1.75. The fraction of sp³-hybridized carbons (Fsp3) is 0.158. The van der Waals surface area contributed by atoms with Crippen LogP contribution < -0.4 is 5.32 Å². The number of carbonyl (C=O) groups is 3. The molecule has 2 aliphatic rings. The number of aliphatic carboxylic acids is 1. The Kier molecular flexibility index (Phi) is 5.87. The maximum Gasteiger partial charge on any atom is 0.304 e. The quantitative estimate of drug-likeness (QED) is 0.779. The van der Waals surface area contributed by atoms with Gasteiger partial charge in [0.15, 0.2) is 5.78 Å². The van der Waals surface area contributed by atoms with E-state index in [1.807, 2.05) is 0 Å². The van der Waals surface area contributed by atoms with Crippen molar-refractivity contribution >= 4 is 35.2 Å². The van der Waals surface area contributed by atoms with Crippen molar-refractivity contribution in [1.82, 2.24) is 9.88 Å². The van der Waals surface area contributed by atoms with Gasteiger partial charge in [0.1, 0.15) is 12.4 Å². The molecular formula is C19H17N3O4S. The van der Waals surface area contributed by atoms with Crippen molar-refractivity contribution in [2.75, 3.05) is 11.9 Å². The molecule has 1 unspecified atom stereocenters. The second-order valence-electron chi connectivity index (χ2n) is 5.87. The second-order valence-corrected chi connectivity index (χ2v) is 6.81. The molecule has 0 radical (unpaired) electrons. The highest BCUT2D eigenvalue weighted by molar-refractivity contribution is 8.06. The number of pyridine rings is 1. The Labute approximate surface area is 160 Å². The minimum atomic E-state index is -1.03. The van der Waals surface area contributed by atoms with Crippen molar-refractivity contribution in [3.63, 3.8) is 0 Å². The third-order valence-corrected chi connectivity index (χ3v) is 4.76. The molecule has 1 atom stereocenters. The standard InChI is InChI=1S/C19H17N3O4S/c23-15-5-3-4-13(14(15)10-19(25)26)16-11-22(8-9-27-16)12-18(24)21-17-6-1-2-7-20-17/h1-9,11,14H,10,12H2,(H,25,26)(H,20,21,24). The van der Waals surface area contributed by atoms with Crippen LogP contribution in [0.4, 0.5) is 5.82 Å². The van der Waals surface area contributed by atoms with Gasteiger partial charge in [0.2, 0.25) is 5.91 Å². The van der Waals surface area contributed by atoms with Crippen LogP contribution >= 0.6 is 11.8 Å². The van der Waals surface area contributed by atoms with Crippen LogP contribution in [0.15, 0.2) is 70.9 Å². The average Bonchev–Trinajstić information content (AvgIpc) is 2.64. The van der Waals surface area contributed by atoms with E-state index in [0.717, 1.165) is 4.91 Å². The lowest BCUT2D eigenvalue weighted by molar-refractivity contribution is -0.139. The molecule has 0 bridgehead atoms. The highest BCUT2D eigenvalue weighted by Crippen LogP contribution is 2.36. The largest absolute Gasteiger partial charge is 0.481 e. The van der Waals surface area contributed by atoms with Gasteiger partial charge in [0.05, 0.1) is 12.3 Å². The number of carboxylic acids is 1. The molecule has 1 aromatic heterocycles. The molecule has 27 heavy (non-hydrogen) atoms. The van der Waals surface area contributed by atoms with Crippen LogP contribution in [-0.2, 0) is 14.4 Å². The van der Waals surface area contributed by atoms with Crippen molar-refractivity contribution in [3.05, 3.63) is 70.9 Å². The van der Waals surface area contributed by atoms with E-state index in [2.05, 4.69) is 10.3 Å². The van der Waals surface area contributed by atoms with Gasteiger partial charge >= 0.3 is 5.97 Å². The molecule has 0 saturated carbocycles. The van der Waals surface area contributed by atoms with E-state index in [1.54, 1.807) is 59.3 Å². The number of aromatic nitrogens is 1. The molecule has 8 heteroatoms. The maximum absolute atomic E-state index is 12.2. The normalized spacial score (nSPS) is 18.7. The fourth-order valence-corrected chi connectivity index (χ4v) is 3.61. The number of thioether (sulfide) groups is 1. The summed E-state index contributed by atoms with van der Waals surface area (Å²) in [6.07, 6.45) is 9.58. The van der Waals surface area contributed by atoms with E-state index in [4.69, 9.17) is 5.11 Å². The molecule has 1 aromatic rings. The molecule has 0 saturated heterocycles. The van der Waals surface area contributed by atoms with Gasteiger partial charge in [-0.3, -0.25) is 14.4 Å². The molecule has 2 heterocycles. The predicted molar refractivity (Wildman–Crippen MR) is 102 cm³/mol. The SMILES string of the molecule is O=C(O)CC1C(=O)C=CC=C1C1=CN(CC(=O)Nc2ccccn2)C=CS1. The van der Waals surface area contributed by atoms with Gasteiger partial charge in [-0.1, -0.05) is 30.0 Å². The summed E-state index contributed by atoms with van der Waals surface area (Å²) in [6.45, 7) is 0.0673. The lowest BCUT2D eigenvalue weighted by atomic mass is 9.87. The predicted octanol–water partition coefficient (Wildman–Crippen LogP) is 2.54. The molecule has 1 amide bonds. The van der Waals surface area contributed by atoms with E-state index in [-0.39, 0.29) is 24.7 Å². The maximum atomic E-state index is 12.2. The van der Waals surface area contributed by atoms with E-state index >= 15 is 0 Å². The number of nitrogens with zero attached hydrogens (tertiary/aromatic N) is 2. The van der Waals surface area contributed by atoms with Crippen LogP contribution in [0.1, 0.15) is 6.42 Å². The number of rotatable bonds is 6. The van der Waals surface area contributed by atoms with E-state index in [1.165, 1.54) is 17.8 Å². The molecule has 7 nitrogen and oxygen atoms in total. The van der Waals surface area contributed by atoms with Crippen LogP contribution in [0, 0.1) is 5.92 Å². The minimum absolute atomic E-state index is 0.0673. The number of ketones is 1. The van der Waals surface area contributed by atoms with E-state index in [0.29, 0.717) is 11.4 Å². The van der Waals surface area contributed by atoms with Crippen molar-refractivity contribution < 1.29 is 19.5 Å². The molecule has 0 aromatic carbocycles. The summed E-state index contributed by atoms with van der Waals surface area (Å²) >= 11 is 1.38. The van der Waals surface area contributed by atoms with Crippen LogP contribution in [-0.4, -0.2) is 39.2 Å². The summed E-state index contributed by atoms with van der Waals surface area (Å²) in [7, 11) is 0. The van der Waals surface area contributed by atoms with Crippen LogP contribution in [0.25, 0.3) is 0 Å². The number of allylic oxidation sites excluding steroid dienone is 4. The summed E-state index contributed by atoms with van der Waals surface area (Å²) in [5.41, 5.74) is 0.648.